The van der Waals surface area contributed by atoms with E-state index in [2.05, 4.69) is 0 Å². The van der Waals surface area contributed by atoms with Crippen molar-refractivity contribution in [1.29, 1.82) is 0 Å². The van der Waals surface area contributed by atoms with Crippen molar-refractivity contribution in [2.45, 2.75) is 6.92 Å². The van der Waals surface area contributed by atoms with Crippen LogP contribution in [0.3, 0.4) is 0 Å². The number of carbonyl (C=O) groups is 1. The Balaban J connectivity index is 1.73. The molecule has 0 atom stereocenters. The van der Waals surface area contributed by atoms with E-state index in [0.717, 1.165) is 33.4 Å². The fourth-order valence-electron chi connectivity index (χ4n) is 3.26. The number of ether oxygens (including phenoxy) is 3. The Hall–Kier alpha value is -3.53. The highest BCUT2D eigenvalue weighted by molar-refractivity contribution is 6.07. The summed E-state index contributed by atoms with van der Waals surface area (Å²) in [7, 11) is 1.62. The minimum absolute atomic E-state index is 0.358. The third-order valence-electron chi connectivity index (χ3n) is 4.63. The maximum Gasteiger partial charge on any atom is 0.343 e. The first-order valence-electron chi connectivity index (χ1n) is 9.14. The molecule has 28 heavy (non-hydrogen) atoms. The van der Waals surface area contributed by atoms with Gasteiger partial charge in [0.05, 0.1) is 19.3 Å². The van der Waals surface area contributed by atoms with E-state index in [1.165, 1.54) is 0 Å². The number of esters is 1. The van der Waals surface area contributed by atoms with E-state index in [-0.39, 0.29) is 5.97 Å². The molecule has 4 rings (SSSR count). The molecule has 1 aliphatic rings. The summed E-state index contributed by atoms with van der Waals surface area (Å²) in [5.74, 6) is 1.77. The van der Waals surface area contributed by atoms with E-state index in [0.29, 0.717) is 17.9 Å². The smallest absolute Gasteiger partial charge is 0.343 e. The summed E-state index contributed by atoms with van der Waals surface area (Å²) in [5, 5.41) is 2.05. The van der Waals surface area contributed by atoms with Crippen LogP contribution < -0.4 is 9.47 Å². The molecular weight excluding hydrogens is 352 g/mol. The van der Waals surface area contributed by atoms with Crippen molar-refractivity contribution in [2.75, 3.05) is 13.7 Å². The molecule has 1 heterocycles. The molecule has 4 nitrogen and oxygen atoms in total. The number of carbonyl (C=O) groups excluding carboxylic acids is 1. The van der Waals surface area contributed by atoms with Crippen LogP contribution in [0.5, 0.6) is 11.5 Å². The largest absolute Gasteiger partial charge is 0.497 e. The highest BCUT2D eigenvalue weighted by Crippen LogP contribution is 2.32. The zero-order valence-electron chi connectivity index (χ0n) is 15.8. The molecule has 0 aliphatic carbocycles. The maximum absolute atomic E-state index is 12.4. The Morgan fingerprint density at radius 2 is 1.71 bits per heavy atom. The lowest BCUT2D eigenvalue weighted by atomic mass is 10.0. The van der Waals surface area contributed by atoms with Crippen LogP contribution in [-0.2, 0) is 9.53 Å². The summed E-state index contributed by atoms with van der Waals surface area (Å²) in [6.45, 7) is 2.56. The molecule has 0 radical (unpaired) electrons. The molecule has 0 fully saturated rings. The van der Waals surface area contributed by atoms with Crippen LogP contribution in [0, 0.1) is 0 Å². The molecular formula is C24H20O4. The van der Waals surface area contributed by atoms with E-state index in [4.69, 9.17) is 14.2 Å². The molecule has 0 saturated carbocycles. The molecule has 0 unspecified atom stereocenters. The second kappa shape index (κ2) is 7.61. The van der Waals surface area contributed by atoms with Gasteiger partial charge in [-0.15, -0.1) is 0 Å². The Morgan fingerprint density at radius 1 is 0.964 bits per heavy atom. The van der Waals surface area contributed by atoms with Gasteiger partial charge in [-0.05, 0) is 60.4 Å². The van der Waals surface area contributed by atoms with E-state index < -0.39 is 0 Å². The molecule has 0 N–H and O–H groups in total. The number of cyclic esters (lactones) is 1. The first-order valence-corrected chi connectivity index (χ1v) is 9.14. The number of hydrogen-bond acceptors (Lipinski definition) is 4. The quantitative estimate of drug-likeness (QED) is 0.454. The Kier molecular flexibility index (Phi) is 4.85. The average molecular weight is 372 g/mol. The number of rotatable bonds is 5. The topological polar surface area (TPSA) is 44.8 Å². The van der Waals surface area contributed by atoms with Crippen LogP contribution in [-0.4, -0.2) is 19.7 Å². The Bertz CT molecular complexity index is 1090. The van der Waals surface area contributed by atoms with E-state index >= 15 is 0 Å². The third kappa shape index (κ3) is 3.37. The van der Waals surface area contributed by atoms with Gasteiger partial charge in [-0.3, -0.25) is 0 Å². The molecule has 3 aromatic rings. The van der Waals surface area contributed by atoms with E-state index in [1.807, 2.05) is 73.7 Å². The van der Waals surface area contributed by atoms with Crippen molar-refractivity contribution in [2.24, 2.45) is 0 Å². The normalized spacial score (nSPS) is 14.9. The summed E-state index contributed by atoms with van der Waals surface area (Å²) < 4.78 is 16.4. The van der Waals surface area contributed by atoms with Crippen LogP contribution in [0.15, 0.2) is 72.3 Å². The Morgan fingerprint density at radius 3 is 2.43 bits per heavy atom. The third-order valence-corrected chi connectivity index (χ3v) is 4.63. The van der Waals surface area contributed by atoms with Crippen molar-refractivity contribution in [3.05, 3.63) is 83.4 Å². The first-order chi connectivity index (χ1) is 13.7. The predicted molar refractivity (Wildman–Crippen MR) is 110 cm³/mol. The SMILES string of the molecule is CCOc1ccc(/C=C2\C=C(c3ccc(OC)cc3)OC2=O)c2ccccc12. The second-order valence-corrected chi connectivity index (χ2v) is 6.36. The van der Waals surface area contributed by atoms with Crippen LogP contribution in [0.4, 0.5) is 0 Å². The van der Waals surface area contributed by atoms with Gasteiger partial charge in [-0.2, -0.15) is 0 Å². The zero-order chi connectivity index (χ0) is 19.5. The summed E-state index contributed by atoms with van der Waals surface area (Å²) >= 11 is 0. The zero-order valence-corrected chi connectivity index (χ0v) is 15.8. The van der Waals surface area contributed by atoms with Crippen molar-refractivity contribution in [3.63, 3.8) is 0 Å². The predicted octanol–water partition coefficient (Wildman–Crippen LogP) is 5.23. The van der Waals surface area contributed by atoms with Gasteiger partial charge in [0.2, 0.25) is 0 Å². The van der Waals surface area contributed by atoms with Gasteiger partial charge in [0, 0.05) is 10.9 Å². The van der Waals surface area contributed by atoms with Crippen LogP contribution >= 0.6 is 0 Å². The minimum Gasteiger partial charge on any atom is -0.497 e. The van der Waals surface area contributed by atoms with E-state index in [9.17, 15) is 4.79 Å². The lowest BCUT2D eigenvalue weighted by molar-refractivity contribution is -0.130. The summed E-state index contributed by atoms with van der Waals surface area (Å²) in [4.78, 5) is 12.4. The van der Waals surface area contributed by atoms with Crippen molar-refractivity contribution >= 4 is 28.6 Å². The highest BCUT2D eigenvalue weighted by atomic mass is 16.5. The van der Waals surface area contributed by atoms with Crippen molar-refractivity contribution in [1.82, 2.24) is 0 Å². The number of fused-ring (bicyclic) bond motifs is 1. The molecule has 0 aromatic heterocycles. The second-order valence-electron chi connectivity index (χ2n) is 6.36. The molecule has 0 spiro atoms. The van der Waals surface area contributed by atoms with Gasteiger partial charge < -0.3 is 14.2 Å². The monoisotopic (exact) mass is 372 g/mol. The standard InChI is InChI=1S/C24H20O4/c1-3-27-22-13-10-17(20-6-4-5-7-21(20)22)14-18-15-23(28-24(18)25)16-8-11-19(26-2)12-9-16/h4-15H,3H2,1-2H3/b18-14+. The van der Waals surface area contributed by atoms with Gasteiger partial charge in [0.25, 0.3) is 0 Å². The summed E-state index contributed by atoms with van der Waals surface area (Å²) in [6, 6.07) is 19.3. The summed E-state index contributed by atoms with van der Waals surface area (Å²) in [5.41, 5.74) is 2.28. The molecule has 1 aliphatic heterocycles. The molecule has 4 heteroatoms. The van der Waals surface area contributed by atoms with Gasteiger partial charge in [-0.25, -0.2) is 4.79 Å². The van der Waals surface area contributed by atoms with Crippen molar-refractivity contribution in [3.8, 4) is 11.5 Å². The number of hydrogen-bond donors (Lipinski definition) is 0. The fourth-order valence-corrected chi connectivity index (χ4v) is 3.26. The fraction of sp³-hybridized carbons (Fsp3) is 0.125. The number of methoxy groups -OCH3 is 1. The molecule has 0 amide bonds. The molecule has 0 bridgehead atoms. The van der Waals surface area contributed by atoms with Gasteiger partial charge in [-0.1, -0.05) is 30.3 Å². The molecule has 3 aromatic carbocycles. The molecule has 0 saturated heterocycles. The van der Waals surface area contributed by atoms with Gasteiger partial charge in [0.1, 0.15) is 17.3 Å². The highest BCUT2D eigenvalue weighted by Gasteiger charge is 2.22. The maximum atomic E-state index is 12.4. The lowest BCUT2D eigenvalue weighted by Crippen LogP contribution is -1.97. The Labute approximate surface area is 163 Å². The number of benzene rings is 3. The van der Waals surface area contributed by atoms with Gasteiger partial charge >= 0.3 is 5.97 Å². The lowest BCUT2D eigenvalue weighted by Gasteiger charge is -2.09. The minimum atomic E-state index is -0.358. The van der Waals surface area contributed by atoms with Crippen LogP contribution in [0.25, 0.3) is 22.6 Å². The molecule has 140 valence electrons. The average Bonchev–Trinajstić information content (AvgIpc) is 3.10. The van der Waals surface area contributed by atoms with Crippen molar-refractivity contribution < 1.29 is 19.0 Å². The van der Waals surface area contributed by atoms with E-state index in [1.54, 1.807) is 13.2 Å². The van der Waals surface area contributed by atoms with Gasteiger partial charge in [0.15, 0.2) is 0 Å². The van der Waals surface area contributed by atoms with Crippen LogP contribution in [0.2, 0.25) is 0 Å². The first kappa shape index (κ1) is 17.9. The van der Waals surface area contributed by atoms with Crippen LogP contribution in [0.1, 0.15) is 18.1 Å². The summed E-state index contributed by atoms with van der Waals surface area (Å²) in [6.07, 6.45) is 3.63.